The van der Waals surface area contributed by atoms with E-state index in [1.807, 2.05) is 0 Å². The van der Waals surface area contributed by atoms with E-state index in [9.17, 15) is 31.2 Å². The lowest BCUT2D eigenvalue weighted by molar-refractivity contribution is -0.117. The molecule has 2 aromatic rings. The normalized spacial score (nSPS) is 14.4. The van der Waals surface area contributed by atoms with Crippen molar-refractivity contribution in [3.63, 3.8) is 0 Å². The Bertz CT molecular complexity index is 1030. The number of amides is 2. The third-order valence-corrected chi connectivity index (χ3v) is 5.35. The van der Waals surface area contributed by atoms with Crippen molar-refractivity contribution < 1.29 is 31.2 Å². The first-order valence-corrected chi connectivity index (χ1v) is 9.56. The quantitative estimate of drug-likeness (QED) is 0.784. The van der Waals surface area contributed by atoms with Crippen molar-refractivity contribution in [2.75, 3.05) is 10.6 Å². The second kappa shape index (κ2) is 7.23. The van der Waals surface area contributed by atoms with Crippen molar-refractivity contribution in [2.45, 2.75) is 23.4 Å². The van der Waals surface area contributed by atoms with E-state index in [1.165, 1.54) is 18.2 Å². The van der Waals surface area contributed by atoms with Gasteiger partial charge in [-0.05, 0) is 43.2 Å². The average molecular weight is 413 g/mol. The van der Waals surface area contributed by atoms with Crippen LogP contribution in [0.1, 0.15) is 23.2 Å². The summed E-state index contributed by atoms with van der Waals surface area (Å²) in [4.78, 5) is 27.4. The summed E-state index contributed by atoms with van der Waals surface area (Å²) < 4.78 is 61.8. The summed E-state index contributed by atoms with van der Waals surface area (Å²) in [5.74, 6) is -1.28. The van der Waals surface area contributed by atoms with Crippen molar-refractivity contribution in [3.05, 3.63) is 48.2 Å². The number of alkyl halides is 3. The molecule has 0 aliphatic heterocycles. The molecule has 0 saturated heterocycles. The van der Waals surface area contributed by atoms with Crippen LogP contribution in [-0.2, 0) is 14.6 Å². The van der Waals surface area contributed by atoms with Gasteiger partial charge in [0.1, 0.15) is 0 Å². The third-order valence-electron chi connectivity index (χ3n) is 3.91. The number of anilines is 2. The van der Waals surface area contributed by atoms with Crippen molar-refractivity contribution in [2.24, 2.45) is 5.92 Å². The predicted octanol–water partition coefficient (Wildman–Crippen LogP) is 2.98. The van der Waals surface area contributed by atoms with Crippen molar-refractivity contribution in [3.8, 4) is 0 Å². The Kier molecular flexibility index (Phi) is 5.11. The molecule has 2 amide bonds. The minimum Gasteiger partial charge on any atom is -0.326 e. The molecular weight excluding hydrogens is 399 g/mol. The minimum atomic E-state index is -5.80. The van der Waals surface area contributed by atoms with E-state index < -0.39 is 31.8 Å². The smallest absolute Gasteiger partial charge is 0.326 e. The molecule has 0 radical (unpaired) electrons. The number of nitrogens with zero attached hydrogens (tertiary/aromatic N) is 1. The molecule has 11 heteroatoms. The molecule has 0 bridgehead atoms. The number of aromatic nitrogens is 1. The van der Waals surface area contributed by atoms with Crippen LogP contribution in [0, 0.1) is 5.92 Å². The van der Waals surface area contributed by atoms with Gasteiger partial charge < -0.3 is 10.6 Å². The summed E-state index contributed by atoms with van der Waals surface area (Å²) >= 11 is 0. The zero-order valence-electron chi connectivity index (χ0n) is 14.2. The molecule has 1 aliphatic rings. The number of benzene rings is 1. The molecular formula is C17H14F3N3O4S. The Morgan fingerprint density at radius 1 is 1.04 bits per heavy atom. The zero-order chi connectivity index (χ0) is 20.5. The van der Waals surface area contributed by atoms with Gasteiger partial charge >= 0.3 is 5.51 Å². The number of nitrogens with one attached hydrogen (secondary N) is 2. The predicted molar refractivity (Wildman–Crippen MR) is 93.2 cm³/mol. The maximum atomic E-state index is 12.8. The van der Waals surface area contributed by atoms with E-state index in [4.69, 9.17) is 0 Å². The second-order valence-electron chi connectivity index (χ2n) is 6.10. The van der Waals surface area contributed by atoms with Crippen molar-refractivity contribution >= 4 is 33.0 Å². The molecule has 0 atom stereocenters. The molecule has 1 aromatic carbocycles. The van der Waals surface area contributed by atoms with Crippen LogP contribution in [0.25, 0.3) is 0 Å². The maximum Gasteiger partial charge on any atom is 0.503 e. The Balaban J connectivity index is 1.84. The van der Waals surface area contributed by atoms with E-state index >= 15 is 0 Å². The van der Waals surface area contributed by atoms with Crippen LogP contribution >= 0.6 is 0 Å². The van der Waals surface area contributed by atoms with Crippen LogP contribution in [0.4, 0.5) is 24.5 Å². The minimum absolute atomic E-state index is 0.0382. The number of hydrogen-bond donors (Lipinski definition) is 2. The highest BCUT2D eigenvalue weighted by atomic mass is 32.2. The highest BCUT2D eigenvalue weighted by molar-refractivity contribution is 7.92. The Hall–Kier alpha value is -2.95. The molecule has 148 valence electrons. The standard InChI is InChI=1S/C17H14F3N3O4S/c18-17(19,20)28(26,27)16-13(5-2-8-21-16)15(25)23-12-4-1-3-11(9-12)22-14(24)10-6-7-10/h1-5,8-10H,6-7H2,(H,22,24)(H,23,25). The third kappa shape index (κ3) is 4.14. The summed E-state index contributed by atoms with van der Waals surface area (Å²) in [6.45, 7) is 0. The molecule has 1 saturated carbocycles. The van der Waals surface area contributed by atoms with Gasteiger partial charge in [-0.25, -0.2) is 13.4 Å². The van der Waals surface area contributed by atoms with Gasteiger partial charge in [0.05, 0.1) is 5.56 Å². The Morgan fingerprint density at radius 2 is 1.68 bits per heavy atom. The van der Waals surface area contributed by atoms with Crippen LogP contribution in [0.2, 0.25) is 0 Å². The van der Waals surface area contributed by atoms with E-state index in [0.717, 1.165) is 31.2 Å². The fraction of sp³-hybridized carbons (Fsp3) is 0.235. The van der Waals surface area contributed by atoms with Gasteiger partial charge in [-0.1, -0.05) is 6.07 Å². The summed E-state index contributed by atoms with van der Waals surface area (Å²) in [5, 5.41) is 3.61. The summed E-state index contributed by atoms with van der Waals surface area (Å²) in [5.41, 5.74) is -5.78. The van der Waals surface area contributed by atoms with E-state index in [-0.39, 0.29) is 17.5 Å². The number of pyridine rings is 1. The molecule has 1 aliphatic carbocycles. The average Bonchev–Trinajstić information content (AvgIpc) is 3.46. The molecule has 1 fully saturated rings. The molecule has 2 N–H and O–H groups in total. The molecule has 1 aromatic heterocycles. The largest absolute Gasteiger partial charge is 0.503 e. The second-order valence-corrected chi connectivity index (χ2v) is 7.96. The lowest BCUT2D eigenvalue weighted by Crippen LogP contribution is -2.27. The van der Waals surface area contributed by atoms with Gasteiger partial charge in [0, 0.05) is 23.5 Å². The topological polar surface area (TPSA) is 105 Å². The van der Waals surface area contributed by atoms with Crippen LogP contribution in [0.15, 0.2) is 47.6 Å². The van der Waals surface area contributed by atoms with Gasteiger partial charge in [-0.3, -0.25) is 9.59 Å². The highest BCUT2D eigenvalue weighted by Gasteiger charge is 2.49. The lowest BCUT2D eigenvalue weighted by atomic mass is 10.2. The molecule has 28 heavy (non-hydrogen) atoms. The number of sulfone groups is 1. The van der Waals surface area contributed by atoms with Gasteiger partial charge in [0.2, 0.25) is 5.91 Å². The first kappa shape index (κ1) is 19.8. The van der Waals surface area contributed by atoms with Crippen LogP contribution in [0.3, 0.4) is 0 Å². The van der Waals surface area contributed by atoms with Crippen molar-refractivity contribution in [1.29, 1.82) is 0 Å². The Labute approximate surface area is 157 Å². The van der Waals surface area contributed by atoms with Crippen LogP contribution in [0.5, 0.6) is 0 Å². The summed E-state index contributed by atoms with van der Waals surface area (Å²) in [6.07, 6.45) is 2.46. The number of carbonyl (C=O) groups excluding carboxylic acids is 2. The molecule has 0 spiro atoms. The molecule has 1 heterocycles. The van der Waals surface area contributed by atoms with E-state index in [0.29, 0.717) is 5.69 Å². The van der Waals surface area contributed by atoms with E-state index in [2.05, 4.69) is 15.6 Å². The lowest BCUT2D eigenvalue weighted by Gasteiger charge is -2.12. The summed E-state index contributed by atoms with van der Waals surface area (Å²) in [6, 6.07) is 8.04. The first-order valence-electron chi connectivity index (χ1n) is 8.08. The van der Waals surface area contributed by atoms with Gasteiger partial charge in [0.15, 0.2) is 5.03 Å². The van der Waals surface area contributed by atoms with E-state index in [1.54, 1.807) is 6.07 Å². The van der Waals surface area contributed by atoms with Crippen LogP contribution < -0.4 is 10.6 Å². The molecule has 3 rings (SSSR count). The fourth-order valence-corrected chi connectivity index (χ4v) is 3.22. The monoisotopic (exact) mass is 413 g/mol. The number of hydrogen-bond acceptors (Lipinski definition) is 5. The maximum absolute atomic E-state index is 12.8. The SMILES string of the molecule is O=C(Nc1cccc(NC(=O)C2CC2)c1)c1cccnc1S(=O)(=O)C(F)(F)F. The molecule has 0 unspecified atom stereocenters. The summed E-state index contributed by atoms with van der Waals surface area (Å²) in [7, 11) is -5.80. The first-order chi connectivity index (χ1) is 13.1. The van der Waals surface area contributed by atoms with Crippen molar-refractivity contribution in [1.82, 2.24) is 4.98 Å². The Morgan fingerprint density at radius 3 is 2.29 bits per heavy atom. The van der Waals surface area contributed by atoms with Gasteiger partial charge in [-0.2, -0.15) is 13.2 Å². The highest BCUT2D eigenvalue weighted by Crippen LogP contribution is 2.32. The molecule has 7 nitrogen and oxygen atoms in total. The number of carbonyl (C=O) groups is 2. The zero-order valence-corrected chi connectivity index (χ0v) is 15.0. The fourth-order valence-electron chi connectivity index (χ4n) is 2.35. The van der Waals surface area contributed by atoms with Gasteiger partial charge in [-0.15, -0.1) is 0 Å². The number of rotatable bonds is 5. The number of halogens is 3. The van der Waals surface area contributed by atoms with Gasteiger partial charge in [0.25, 0.3) is 15.7 Å². The van der Waals surface area contributed by atoms with Crippen LogP contribution in [-0.4, -0.2) is 30.7 Å².